The lowest BCUT2D eigenvalue weighted by atomic mass is 10.1. The van der Waals surface area contributed by atoms with E-state index in [0.717, 1.165) is 6.07 Å². The number of anilines is 1. The molecule has 0 saturated carbocycles. The SMILES string of the molecule is NC1CCN(C(=O)Nc2c(F)cccc2C(=O)O)CC1. The van der Waals surface area contributed by atoms with Gasteiger partial charge in [-0.25, -0.2) is 14.0 Å². The second-order valence-corrected chi connectivity index (χ2v) is 4.72. The van der Waals surface area contributed by atoms with Crippen molar-refractivity contribution >= 4 is 17.7 Å². The number of likely N-dealkylation sites (tertiary alicyclic amines) is 1. The van der Waals surface area contributed by atoms with Crippen LogP contribution in [-0.4, -0.2) is 41.1 Å². The molecule has 0 bridgehead atoms. The number of halogens is 1. The van der Waals surface area contributed by atoms with E-state index in [1.165, 1.54) is 17.0 Å². The van der Waals surface area contributed by atoms with Gasteiger partial charge in [-0.3, -0.25) is 0 Å². The van der Waals surface area contributed by atoms with E-state index in [1.54, 1.807) is 0 Å². The van der Waals surface area contributed by atoms with Gasteiger partial charge in [0.05, 0.1) is 11.3 Å². The Morgan fingerprint density at radius 1 is 1.35 bits per heavy atom. The Balaban J connectivity index is 2.13. The Morgan fingerprint density at radius 2 is 2.00 bits per heavy atom. The summed E-state index contributed by atoms with van der Waals surface area (Å²) in [6.07, 6.45) is 1.35. The van der Waals surface area contributed by atoms with Gasteiger partial charge in [0.1, 0.15) is 5.82 Å². The predicted octanol–water partition coefficient (Wildman–Crippen LogP) is 1.48. The lowest BCUT2D eigenvalue weighted by Crippen LogP contribution is -2.44. The van der Waals surface area contributed by atoms with Gasteiger partial charge >= 0.3 is 12.0 Å². The summed E-state index contributed by atoms with van der Waals surface area (Å²) in [5, 5.41) is 11.3. The van der Waals surface area contributed by atoms with Gasteiger partial charge in [0.15, 0.2) is 0 Å². The van der Waals surface area contributed by atoms with Crippen LogP contribution < -0.4 is 11.1 Å². The van der Waals surface area contributed by atoms with Gasteiger partial charge < -0.3 is 21.1 Å². The first-order valence-corrected chi connectivity index (χ1v) is 6.32. The van der Waals surface area contributed by atoms with E-state index in [9.17, 15) is 14.0 Å². The van der Waals surface area contributed by atoms with E-state index in [2.05, 4.69) is 5.32 Å². The fraction of sp³-hybridized carbons (Fsp3) is 0.385. The van der Waals surface area contributed by atoms with Crippen molar-refractivity contribution in [3.8, 4) is 0 Å². The molecule has 0 aliphatic carbocycles. The number of hydrogen-bond donors (Lipinski definition) is 3. The van der Waals surface area contributed by atoms with E-state index in [1.807, 2.05) is 0 Å². The number of para-hydroxylation sites is 1. The van der Waals surface area contributed by atoms with Crippen LogP contribution >= 0.6 is 0 Å². The van der Waals surface area contributed by atoms with Crippen LogP contribution in [0.15, 0.2) is 18.2 Å². The summed E-state index contributed by atoms with van der Waals surface area (Å²) in [7, 11) is 0. The maximum atomic E-state index is 13.7. The molecule has 20 heavy (non-hydrogen) atoms. The van der Waals surface area contributed by atoms with Crippen LogP contribution in [0.1, 0.15) is 23.2 Å². The van der Waals surface area contributed by atoms with E-state index in [4.69, 9.17) is 10.8 Å². The largest absolute Gasteiger partial charge is 0.478 e. The molecule has 6 nitrogen and oxygen atoms in total. The van der Waals surface area contributed by atoms with Crippen molar-refractivity contribution in [2.75, 3.05) is 18.4 Å². The predicted molar refractivity (Wildman–Crippen MR) is 71.2 cm³/mol. The van der Waals surface area contributed by atoms with Gasteiger partial charge in [0.2, 0.25) is 0 Å². The molecule has 1 heterocycles. The van der Waals surface area contributed by atoms with Gasteiger partial charge in [-0.05, 0) is 25.0 Å². The number of piperidine rings is 1. The summed E-state index contributed by atoms with van der Waals surface area (Å²) in [4.78, 5) is 24.5. The molecule has 4 N–H and O–H groups in total. The molecule has 7 heteroatoms. The first-order valence-electron chi connectivity index (χ1n) is 6.32. The fourth-order valence-electron chi connectivity index (χ4n) is 2.12. The molecule has 1 aromatic rings. The van der Waals surface area contributed by atoms with E-state index in [-0.39, 0.29) is 17.3 Å². The molecule has 0 unspecified atom stereocenters. The number of carboxylic acid groups (broad SMARTS) is 1. The summed E-state index contributed by atoms with van der Waals surface area (Å²) < 4.78 is 13.7. The fourth-order valence-corrected chi connectivity index (χ4v) is 2.12. The van der Waals surface area contributed by atoms with Gasteiger partial charge in [-0.1, -0.05) is 6.07 Å². The number of carbonyl (C=O) groups excluding carboxylic acids is 1. The van der Waals surface area contributed by atoms with Crippen LogP contribution in [-0.2, 0) is 0 Å². The number of amides is 2. The van der Waals surface area contributed by atoms with Crippen molar-refractivity contribution in [2.45, 2.75) is 18.9 Å². The average molecular weight is 281 g/mol. The molecule has 0 spiro atoms. The maximum absolute atomic E-state index is 13.7. The minimum atomic E-state index is -1.29. The first kappa shape index (κ1) is 14.3. The standard InChI is InChI=1S/C13H16FN3O3/c14-10-3-1-2-9(12(18)19)11(10)16-13(20)17-6-4-8(15)5-7-17/h1-3,8H,4-7,15H2,(H,16,20)(H,18,19). The van der Waals surface area contributed by atoms with E-state index in [0.29, 0.717) is 25.9 Å². The normalized spacial score (nSPS) is 16.0. The molecule has 1 aromatic carbocycles. The second-order valence-electron chi connectivity index (χ2n) is 4.72. The number of carboxylic acids is 1. The Bertz CT molecular complexity index is 528. The molecule has 1 fully saturated rings. The van der Waals surface area contributed by atoms with Crippen LogP contribution in [0.3, 0.4) is 0 Å². The van der Waals surface area contributed by atoms with Crippen molar-refractivity contribution in [1.82, 2.24) is 4.90 Å². The van der Waals surface area contributed by atoms with Crippen molar-refractivity contribution in [3.05, 3.63) is 29.6 Å². The molecule has 2 amide bonds. The van der Waals surface area contributed by atoms with Gasteiger partial charge in [0.25, 0.3) is 0 Å². The molecule has 2 rings (SSSR count). The zero-order chi connectivity index (χ0) is 14.7. The van der Waals surface area contributed by atoms with E-state index >= 15 is 0 Å². The third kappa shape index (κ3) is 3.05. The summed E-state index contributed by atoms with van der Waals surface area (Å²) >= 11 is 0. The van der Waals surface area contributed by atoms with Crippen molar-refractivity contribution in [2.24, 2.45) is 5.73 Å². The number of hydrogen-bond acceptors (Lipinski definition) is 3. The number of urea groups is 1. The highest BCUT2D eigenvalue weighted by Crippen LogP contribution is 2.21. The topological polar surface area (TPSA) is 95.7 Å². The minimum absolute atomic E-state index is 0.0714. The van der Waals surface area contributed by atoms with Crippen molar-refractivity contribution < 1.29 is 19.1 Å². The van der Waals surface area contributed by atoms with Crippen LogP contribution in [0.4, 0.5) is 14.9 Å². The molecular weight excluding hydrogens is 265 g/mol. The third-order valence-corrected chi connectivity index (χ3v) is 3.30. The maximum Gasteiger partial charge on any atom is 0.337 e. The zero-order valence-corrected chi connectivity index (χ0v) is 10.8. The quantitative estimate of drug-likeness (QED) is 0.765. The monoisotopic (exact) mass is 281 g/mol. The Morgan fingerprint density at radius 3 is 2.60 bits per heavy atom. The smallest absolute Gasteiger partial charge is 0.337 e. The van der Waals surface area contributed by atoms with Crippen LogP contribution in [0.2, 0.25) is 0 Å². The summed E-state index contributed by atoms with van der Waals surface area (Å²) in [5.41, 5.74) is 5.16. The van der Waals surface area contributed by atoms with Crippen molar-refractivity contribution in [3.63, 3.8) is 0 Å². The lowest BCUT2D eigenvalue weighted by Gasteiger charge is -2.30. The highest BCUT2D eigenvalue weighted by molar-refractivity contribution is 6.00. The second kappa shape index (κ2) is 5.87. The molecule has 1 saturated heterocycles. The summed E-state index contributed by atoms with van der Waals surface area (Å²) in [6, 6.07) is 3.20. The molecular formula is C13H16FN3O3. The number of rotatable bonds is 2. The Hall–Kier alpha value is -2.15. The Kier molecular flexibility index (Phi) is 4.19. The van der Waals surface area contributed by atoms with Crippen LogP contribution in [0, 0.1) is 5.82 Å². The third-order valence-electron chi connectivity index (χ3n) is 3.30. The lowest BCUT2D eigenvalue weighted by molar-refractivity contribution is 0.0697. The number of nitrogens with one attached hydrogen (secondary N) is 1. The van der Waals surface area contributed by atoms with Gasteiger partial charge in [-0.15, -0.1) is 0 Å². The highest BCUT2D eigenvalue weighted by Gasteiger charge is 2.23. The van der Waals surface area contributed by atoms with Crippen LogP contribution in [0.5, 0.6) is 0 Å². The minimum Gasteiger partial charge on any atom is -0.478 e. The van der Waals surface area contributed by atoms with Gasteiger partial charge in [0, 0.05) is 19.1 Å². The average Bonchev–Trinajstić information content (AvgIpc) is 2.41. The summed E-state index contributed by atoms with van der Waals surface area (Å²) in [5.74, 6) is -2.06. The molecule has 1 aliphatic heterocycles. The van der Waals surface area contributed by atoms with Crippen LogP contribution in [0.25, 0.3) is 0 Å². The number of aromatic carboxylic acids is 1. The molecule has 0 aromatic heterocycles. The van der Waals surface area contributed by atoms with Crippen molar-refractivity contribution in [1.29, 1.82) is 0 Å². The number of nitrogens with zero attached hydrogens (tertiary/aromatic N) is 1. The highest BCUT2D eigenvalue weighted by atomic mass is 19.1. The number of nitrogens with two attached hydrogens (primary N) is 1. The number of benzene rings is 1. The molecule has 1 aliphatic rings. The molecule has 0 radical (unpaired) electrons. The first-order chi connectivity index (χ1) is 9.49. The summed E-state index contributed by atoms with van der Waals surface area (Å²) in [6.45, 7) is 0.952. The molecule has 108 valence electrons. The number of carbonyl (C=O) groups is 2. The van der Waals surface area contributed by atoms with Gasteiger partial charge in [-0.2, -0.15) is 0 Å². The Labute approximate surface area is 115 Å². The zero-order valence-electron chi connectivity index (χ0n) is 10.8. The van der Waals surface area contributed by atoms with E-state index < -0.39 is 17.8 Å². The molecule has 0 atom stereocenters.